The van der Waals surface area contributed by atoms with Crippen LogP contribution in [0.25, 0.3) is 0 Å². The van der Waals surface area contributed by atoms with Crippen molar-refractivity contribution < 1.29 is 9.53 Å². The first-order chi connectivity index (χ1) is 8.29. The van der Waals surface area contributed by atoms with Crippen LogP contribution in [0.15, 0.2) is 24.3 Å². The fourth-order valence-corrected chi connectivity index (χ4v) is 1.96. The fourth-order valence-electron chi connectivity index (χ4n) is 1.96. The maximum Gasteiger partial charge on any atom is 0.338 e. The SMILES string of the molecule is NCc1ccc(C(=O)OCCC2CCC2)cc1. The van der Waals surface area contributed by atoms with Crippen LogP contribution in [0, 0.1) is 5.92 Å². The van der Waals surface area contributed by atoms with Crippen LogP contribution in [0.2, 0.25) is 0 Å². The van der Waals surface area contributed by atoms with Crippen LogP contribution in [0.3, 0.4) is 0 Å². The predicted molar refractivity (Wildman–Crippen MR) is 66.6 cm³/mol. The molecule has 0 radical (unpaired) electrons. The Bertz CT molecular complexity index is 368. The molecular formula is C14H19NO2. The smallest absolute Gasteiger partial charge is 0.338 e. The molecule has 0 unspecified atom stereocenters. The normalized spacial score (nSPS) is 15.4. The Balaban J connectivity index is 1.77. The van der Waals surface area contributed by atoms with Crippen molar-refractivity contribution in [3.63, 3.8) is 0 Å². The van der Waals surface area contributed by atoms with Crippen LogP contribution >= 0.6 is 0 Å². The summed E-state index contributed by atoms with van der Waals surface area (Å²) < 4.78 is 5.24. The van der Waals surface area contributed by atoms with Crippen molar-refractivity contribution in [2.75, 3.05) is 6.61 Å². The molecule has 3 nitrogen and oxygen atoms in total. The van der Waals surface area contributed by atoms with Gasteiger partial charge in [-0.05, 0) is 30.0 Å². The van der Waals surface area contributed by atoms with Crippen molar-refractivity contribution in [2.24, 2.45) is 11.7 Å². The Morgan fingerprint density at radius 1 is 1.29 bits per heavy atom. The highest BCUT2D eigenvalue weighted by Crippen LogP contribution is 2.29. The second-order valence-corrected chi connectivity index (χ2v) is 4.62. The molecule has 17 heavy (non-hydrogen) atoms. The van der Waals surface area contributed by atoms with Crippen molar-refractivity contribution >= 4 is 5.97 Å². The summed E-state index contributed by atoms with van der Waals surface area (Å²) in [5.74, 6) is 0.551. The van der Waals surface area contributed by atoms with Gasteiger partial charge in [0.15, 0.2) is 0 Å². The predicted octanol–water partition coefficient (Wildman–Crippen LogP) is 2.49. The Morgan fingerprint density at radius 3 is 2.53 bits per heavy atom. The van der Waals surface area contributed by atoms with Gasteiger partial charge in [-0.25, -0.2) is 4.79 Å². The monoisotopic (exact) mass is 233 g/mol. The number of ether oxygens (including phenoxy) is 1. The fraction of sp³-hybridized carbons (Fsp3) is 0.500. The largest absolute Gasteiger partial charge is 0.462 e. The lowest BCUT2D eigenvalue weighted by Crippen LogP contribution is -2.15. The molecule has 0 aliphatic heterocycles. The number of hydrogen-bond acceptors (Lipinski definition) is 3. The summed E-state index contributed by atoms with van der Waals surface area (Å²) in [6.45, 7) is 1.04. The Labute approximate surface area is 102 Å². The molecule has 0 heterocycles. The molecule has 2 N–H and O–H groups in total. The quantitative estimate of drug-likeness (QED) is 0.795. The van der Waals surface area contributed by atoms with E-state index < -0.39 is 0 Å². The van der Waals surface area contributed by atoms with Gasteiger partial charge in [0, 0.05) is 6.54 Å². The molecule has 2 rings (SSSR count). The summed E-state index contributed by atoms with van der Waals surface area (Å²) in [5.41, 5.74) is 7.13. The van der Waals surface area contributed by atoms with Gasteiger partial charge >= 0.3 is 5.97 Å². The van der Waals surface area contributed by atoms with Gasteiger partial charge in [0.1, 0.15) is 0 Å². The first-order valence-electron chi connectivity index (χ1n) is 6.25. The number of carbonyl (C=O) groups excluding carboxylic acids is 1. The van der Waals surface area contributed by atoms with Crippen LogP contribution < -0.4 is 5.73 Å². The van der Waals surface area contributed by atoms with Gasteiger partial charge < -0.3 is 10.5 Å². The van der Waals surface area contributed by atoms with Gasteiger partial charge in [0.05, 0.1) is 12.2 Å². The summed E-state index contributed by atoms with van der Waals surface area (Å²) in [4.78, 5) is 11.7. The number of carbonyl (C=O) groups is 1. The van der Waals surface area contributed by atoms with E-state index in [9.17, 15) is 4.79 Å². The molecule has 1 aromatic carbocycles. The van der Waals surface area contributed by atoms with Crippen molar-refractivity contribution in [1.82, 2.24) is 0 Å². The van der Waals surface area contributed by atoms with Gasteiger partial charge in [-0.1, -0.05) is 31.4 Å². The minimum Gasteiger partial charge on any atom is -0.462 e. The van der Waals surface area contributed by atoms with Crippen LogP contribution in [0.5, 0.6) is 0 Å². The van der Waals surface area contributed by atoms with E-state index >= 15 is 0 Å². The first-order valence-corrected chi connectivity index (χ1v) is 6.25. The summed E-state index contributed by atoms with van der Waals surface area (Å²) in [5, 5.41) is 0. The van der Waals surface area contributed by atoms with Crippen LogP contribution in [-0.2, 0) is 11.3 Å². The van der Waals surface area contributed by atoms with E-state index in [1.807, 2.05) is 12.1 Å². The summed E-state index contributed by atoms with van der Waals surface area (Å²) in [6.07, 6.45) is 4.93. The highest BCUT2D eigenvalue weighted by Gasteiger charge is 2.17. The third kappa shape index (κ3) is 3.30. The maximum absolute atomic E-state index is 11.7. The molecule has 1 aromatic rings. The molecule has 3 heteroatoms. The number of rotatable bonds is 5. The van der Waals surface area contributed by atoms with Crippen molar-refractivity contribution in [3.05, 3.63) is 35.4 Å². The number of esters is 1. The number of hydrogen-bond donors (Lipinski definition) is 1. The van der Waals surface area contributed by atoms with Crippen LogP contribution in [0.4, 0.5) is 0 Å². The van der Waals surface area contributed by atoms with E-state index in [4.69, 9.17) is 10.5 Å². The molecule has 92 valence electrons. The van der Waals surface area contributed by atoms with Crippen molar-refractivity contribution in [3.8, 4) is 0 Å². The summed E-state index contributed by atoms with van der Waals surface area (Å²) in [7, 11) is 0. The molecule has 0 amide bonds. The van der Waals surface area contributed by atoms with E-state index in [1.165, 1.54) is 19.3 Å². The molecular weight excluding hydrogens is 214 g/mol. The van der Waals surface area contributed by atoms with Gasteiger partial charge in [-0.3, -0.25) is 0 Å². The average molecular weight is 233 g/mol. The first kappa shape index (κ1) is 12.1. The zero-order chi connectivity index (χ0) is 12.1. The van der Waals surface area contributed by atoms with Gasteiger partial charge in [-0.15, -0.1) is 0 Å². The van der Waals surface area contributed by atoms with Crippen LogP contribution in [-0.4, -0.2) is 12.6 Å². The van der Waals surface area contributed by atoms with E-state index in [0.717, 1.165) is 17.9 Å². The number of benzene rings is 1. The second kappa shape index (κ2) is 5.82. The third-order valence-electron chi connectivity index (χ3n) is 3.41. The molecule has 0 spiro atoms. The molecule has 0 atom stereocenters. The van der Waals surface area contributed by atoms with E-state index in [-0.39, 0.29) is 5.97 Å². The van der Waals surface area contributed by atoms with Gasteiger partial charge in [0.2, 0.25) is 0 Å². The van der Waals surface area contributed by atoms with Crippen molar-refractivity contribution in [1.29, 1.82) is 0 Å². The van der Waals surface area contributed by atoms with E-state index in [0.29, 0.717) is 18.7 Å². The molecule has 0 bridgehead atoms. The maximum atomic E-state index is 11.7. The third-order valence-corrected chi connectivity index (χ3v) is 3.41. The summed E-state index contributed by atoms with van der Waals surface area (Å²) in [6, 6.07) is 7.27. The average Bonchev–Trinajstić information content (AvgIpc) is 2.32. The molecule has 1 aliphatic carbocycles. The Kier molecular flexibility index (Phi) is 4.15. The zero-order valence-electron chi connectivity index (χ0n) is 10.0. The van der Waals surface area contributed by atoms with E-state index in [2.05, 4.69) is 0 Å². The molecule has 0 saturated heterocycles. The van der Waals surface area contributed by atoms with Gasteiger partial charge in [0.25, 0.3) is 0 Å². The molecule has 1 saturated carbocycles. The second-order valence-electron chi connectivity index (χ2n) is 4.62. The van der Waals surface area contributed by atoms with E-state index in [1.54, 1.807) is 12.1 Å². The highest BCUT2D eigenvalue weighted by atomic mass is 16.5. The Morgan fingerprint density at radius 2 is 2.00 bits per heavy atom. The molecule has 1 fully saturated rings. The zero-order valence-corrected chi connectivity index (χ0v) is 10.0. The Hall–Kier alpha value is -1.35. The lowest BCUT2D eigenvalue weighted by Gasteiger charge is -2.24. The van der Waals surface area contributed by atoms with Crippen molar-refractivity contribution in [2.45, 2.75) is 32.2 Å². The highest BCUT2D eigenvalue weighted by molar-refractivity contribution is 5.89. The minimum absolute atomic E-state index is 0.229. The minimum atomic E-state index is -0.229. The lowest BCUT2D eigenvalue weighted by molar-refractivity contribution is 0.0464. The molecule has 1 aliphatic rings. The summed E-state index contributed by atoms with van der Waals surface area (Å²) >= 11 is 0. The molecule has 0 aromatic heterocycles. The van der Waals surface area contributed by atoms with Gasteiger partial charge in [-0.2, -0.15) is 0 Å². The van der Waals surface area contributed by atoms with Crippen LogP contribution in [0.1, 0.15) is 41.6 Å². The number of nitrogens with two attached hydrogens (primary N) is 1. The standard InChI is InChI=1S/C14H19NO2/c15-10-12-4-6-13(7-5-12)14(16)17-9-8-11-2-1-3-11/h4-7,11H,1-3,8-10,15H2. The lowest BCUT2D eigenvalue weighted by atomic mass is 9.83. The topological polar surface area (TPSA) is 52.3 Å².